The summed E-state index contributed by atoms with van der Waals surface area (Å²) in [5.41, 5.74) is -0.351. The van der Waals surface area contributed by atoms with Crippen molar-refractivity contribution >= 4 is 21.6 Å². The molecule has 3 aromatic rings. The number of aromatic amines is 1. The summed E-state index contributed by atoms with van der Waals surface area (Å²) < 4.78 is 40.0. The Balaban J connectivity index is 2.30. The quantitative estimate of drug-likeness (QED) is 0.697. The molecule has 0 saturated carbocycles. The third-order valence-corrected chi connectivity index (χ3v) is 3.48. The number of H-pyrrole nitrogens is 1. The molecule has 0 fully saturated rings. The maximum absolute atomic E-state index is 13.6. The van der Waals surface area contributed by atoms with Crippen LogP contribution in [0.5, 0.6) is 0 Å². The molecule has 2 heterocycles. The van der Waals surface area contributed by atoms with E-state index >= 15 is 0 Å². The highest BCUT2D eigenvalue weighted by molar-refractivity contribution is 7.17. The highest BCUT2D eigenvalue weighted by atomic mass is 32.1. The molecule has 0 aliphatic heterocycles. The zero-order valence-electron chi connectivity index (χ0n) is 9.21. The standard InChI is InChI=1S/C12H5F3N2OS/c13-6-4-8(15)7(14)3-5(6)11-16-9-1-2-19-10(9)12(18)17-11/h1-4H,(H,16,17,18). The maximum atomic E-state index is 13.6. The Morgan fingerprint density at radius 1 is 1.11 bits per heavy atom. The van der Waals surface area contributed by atoms with Crippen LogP contribution in [0.4, 0.5) is 13.2 Å². The van der Waals surface area contributed by atoms with Gasteiger partial charge in [0, 0.05) is 6.07 Å². The molecule has 0 aliphatic carbocycles. The first kappa shape index (κ1) is 11.9. The van der Waals surface area contributed by atoms with Crippen LogP contribution in [-0.2, 0) is 0 Å². The van der Waals surface area contributed by atoms with Crippen LogP contribution in [0.25, 0.3) is 21.6 Å². The van der Waals surface area contributed by atoms with Gasteiger partial charge in [-0.05, 0) is 17.5 Å². The minimum Gasteiger partial charge on any atom is -0.305 e. The molecule has 19 heavy (non-hydrogen) atoms. The zero-order chi connectivity index (χ0) is 13.6. The van der Waals surface area contributed by atoms with Gasteiger partial charge in [0.1, 0.15) is 16.3 Å². The first-order valence-electron chi connectivity index (χ1n) is 5.18. The van der Waals surface area contributed by atoms with E-state index in [9.17, 15) is 18.0 Å². The van der Waals surface area contributed by atoms with Crippen molar-refractivity contribution in [3.63, 3.8) is 0 Å². The van der Waals surface area contributed by atoms with E-state index in [4.69, 9.17) is 0 Å². The van der Waals surface area contributed by atoms with Crippen molar-refractivity contribution in [2.24, 2.45) is 0 Å². The van der Waals surface area contributed by atoms with Crippen LogP contribution in [0, 0.1) is 17.5 Å². The number of hydrogen-bond donors (Lipinski definition) is 1. The third-order valence-electron chi connectivity index (χ3n) is 2.58. The number of aromatic nitrogens is 2. The summed E-state index contributed by atoms with van der Waals surface area (Å²) in [6.07, 6.45) is 0. The number of halogens is 3. The Morgan fingerprint density at radius 3 is 2.63 bits per heavy atom. The summed E-state index contributed by atoms with van der Waals surface area (Å²) in [4.78, 5) is 18.1. The molecule has 1 aromatic carbocycles. The topological polar surface area (TPSA) is 45.8 Å². The van der Waals surface area contributed by atoms with Gasteiger partial charge in [0.15, 0.2) is 11.6 Å². The van der Waals surface area contributed by atoms with Crippen molar-refractivity contribution in [2.75, 3.05) is 0 Å². The second kappa shape index (κ2) is 4.20. The van der Waals surface area contributed by atoms with Gasteiger partial charge >= 0.3 is 0 Å². The van der Waals surface area contributed by atoms with E-state index in [0.717, 1.165) is 0 Å². The Morgan fingerprint density at radius 2 is 1.84 bits per heavy atom. The summed E-state index contributed by atoms with van der Waals surface area (Å²) in [5, 5.41) is 1.66. The predicted octanol–water partition coefficient (Wildman–Crippen LogP) is 3.07. The largest absolute Gasteiger partial charge is 0.305 e. The number of rotatable bonds is 1. The van der Waals surface area contributed by atoms with E-state index in [1.54, 1.807) is 11.4 Å². The molecule has 0 saturated heterocycles. The van der Waals surface area contributed by atoms with Gasteiger partial charge in [-0.15, -0.1) is 11.3 Å². The van der Waals surface area contributed by atoms with Crippen LogP contribution in [0.3, 0.4) is 0 Å². The second-order valence-electron chi connectivity index (χ2n) is 3.80. The monoisotopic (exact) mass is 282 g/mol. The normalized spacial score (nSPS) is 11.1. The van der Waals surface area contributed by atoms with Crippen molar-refractivity contribution in [1.29, 1.82) is 0 Å². The average molecular weight is 282 g/mol. The van der Waals surface area contributed by atoms with Crippen LogP contribution in [0.2, 0.25) is 0 Å². The summed E-state index contributed by atoms with van der Waals surface area (Å²) in [5.74, 6) is -3.62. The molecular formula is C12H5F3N2OS. The molecule has 0 aliphatic rings. The first-order chi connectivity index (χ1) is 9.06. The number of nitrogens with zero attached hydrogens (tertiary/aromatic N) is 1. The van der Waals surface area contributed by atoms with Crippen molar-refractivity contribution in [2.45, 2.75) is 0 Å². The third kappa shape index (κ3) is 1.91. The van der Waals surface area contributed by atoms with Gasteiger partial charge in [0.25, 0.3) is 5.56 Å². The molecule has 0 radical (unpaired) electrons. The van der Waals surface area contributed by atoms with Crippen molar-refractivity contribution < 1.29 is 13.2 Å². The lowest BCUT2D eigenvalue weighted by Crippen LogP contribution is -2.08. The Hall–Kier alpha value is -2.15. The van der Waals surface area contributed by atoms with Gasteiger partial charge in [-0.1, -0.05) is 0 Å². The number of nitrogens with one attached hydrogen (secondary N) is 1. The predicted molar refractivity (Wildman–Crippen MR) is 65.6 cm³/mol. The summed E-state index contributed by atoms with van der Waals surface area (Å²) in [6, 6.07) is 2.68. The number of benzene rings is 1. The van der Waals surface area contributed by atoms with Crippen LogP contribution in [-0.4, -0.2) is 9.97 Å². The first-order valence-corrected chi connectivity index (χ1v) is 6.06. The fourth-order valence-corrected chi connectivity index (χ4v) is 2.43. The van der Waals surface area contributed by atoms with Crippen molar-refractivity contribution in [1.82, 2.24) is 9.97 Å². The SMILES string of the molecule is O=c1[nH]c(-c2cc(F)c(F)cc2F)nc2ccsc12. The van der Waals surface area contributed by atoms with E-state index in [-0.39, 0.29) is 11.4 Å². The van der Waals surface area contributed by atoms with Crippen molar-refractivity contribution in [3.05, 3.63) is 51.4 Å². The molecular weight excluding hydrogens is 277 g/mol. The minimum atomic E-state index is -1.29. The van der Waals surface area contributed by atoms with E-state index in [0.29, 0.717) is 22.3 Å². The molecule has 3 nitrogen and oxygen atoms in total. The van der Waals surface area contributed by atoms with Crippen LogP contribution in [0.15, 0.2) is 28.4 Å². The fourth-order valence-electron chi connectivity index (χ4n) is 1.70. The van der Waals surface area contributed by atoms with Gasteiger partial charge in [0.2, 0.25) is 0 Å². The van der Waals surface area contributed by atoms with E-state index in [2.05, 4.69) is 9.97 Å². The summed E-state index contributed by atoms with van der Waals surface area (Å²) >= 11 is 1.19. The van der Waals surface area contributed by atoms with Crippen LogP contribution < -0.4 is 5.56 Å². The Kier molecular flexibility index (Phi) is 2.63. The van der Waals surface area contributed by atoms with Crippen LogP contribution in [0.1, 0.15) is 0 Å². The van der Waals surface area contributed by atoms with E-state index in [1.165, 1.54) is 11.3 Å². The summed E-state index contributed by atoms with van der Waals surface area (Å²) in [7, 11) is 0. The molecule has 0 bridgehead atoms. The molecule has 1 N–H and O–H groups in total. The molecule has 2 aromatic heterocycles. The smallest absolute Gasteiger partial charge is 0.269 e. The lowest BCUT2D eigenvalue weighted by molar-refractivity contribution is 0.496. The molecule has 7 heteroatoms. The molecule has 3 rings (SSSR count). The number of fused-ring (bicyclic) bond motifs is 1. The Labute approximate surface area is 108 Å². The molecule has 0 amide bonds. The highest BCUT2D eigenvalue weighted by Gasteiger charge is 2.14. The average Bonchev–Trinajstić information content (AvgIpc) is 2.82. The Bertz CT molecular complexity index is 841. The zero-order valence-corrected chi connectivity index (χ0v) is 10.0. The lowest BCUT2D eigenvalue weighted by Gasteiger charge is -2.03. The molecule has 0 atom stereocenters. The lowest BCUT2D eigenvalue weighted by atomic mass is 10.2. The highest BCUT2D eigenvalue weighted by Crippen LogP contribution is 2.23. The van der Waals surface area contributed by atoms with Gasteiger partial charge in [-0.2, -0.15) is 0 Å². The van der Waals surface area contributed by atoms with E-state index < -0.39 is 23.0 Å². The minimum absolute atomic E-state index is 0.132. The van der Waals surface area contributed by atoms with Crippen LogP contribution >= 0.6 is 11.3 Å². The second-order valence-corrected chi connectivity index (χ2v) is 4.71. The fraction of sp³-hybridized carbons (Fsp3) is 0. The van der Waals surface area contributed by atoms with Gasteiger partial charge < -0.3 is 4.98 Å². The molecule has 0 spiro atoms. The van der Waals surface area contributed by atoms with Crippen molar-refractivity contribution in [3.8, 4) is 11.4 Å². The van der Waals surface area contributed by atoms with Gasteiger partial charge in [0.05, 0.1) is 11.1 Å². The maximum Gasteiger partial charge on any atom is 0.269 e. The molecule has 96 valence electrons. The summed E-state index contributed by atoms with van der Waals surface area (Å²) in [6.45, 7) is 0. The van der Waals surface area contributed by atoms with Gasteiger partial charge in [-0.25, -0.2) is 18.2 Å². The molecule has 0 unspecified atom stereocenters. The number of hydrogen-bond acceptors (Lipinski definition) is 3. The number of thiophene rings is 1. The van der Waals surface area contributed by atoms with Gasteiger partial charge in [-0.3, -0.25) is 4.79 Å². The van der Waals surface area contributed by atoms with E-state index in [1.807, 2.05) is 0 Å².